The fraction of sp³-hybridized carbons (Fsp3) is 0.429. The maximum atomic E-state index is 13.5. The van der Waals surface area contributed by atoms with Gasteiger partial charge in [-0.3, -0.25) is 9.59 Å². The molecule has 2 atom stereocenters. The minimum Gasteiger partial charge on any atom is -0.426 e. The van der Waals surface area contributed by atoms with Crippen LogP contribution in [0, 0.1) is 5.82 Å². The second-order valence-electron chi connectivity index (χ2n) is 5.33. The lowest BCUT2D eigenvalue weighted by Gasteiger charge is -2.27. The number of carbonyl (C=O) groups is 2. The third kappa shape index (κ3) is 3.45. The summed E-state index contributed by atoms with van der Waals surface area (Å²) in [6.45, 7) is 1.89. The van der Waals surface area contributed by atoms with E-state index in [1.54, 1.807) is 0 Å². The van der Waals surface area contributed by atoms with Crippen molar-refractivity contribution in [3.8, 4) is 0 Å². The standard InChI is InChI=1S/C14H18BFN2O4/c1-9(14(20)18-8-4-7-12(18)15(21)22)17-13(19)10-5-2-3-6-11(10)16/h2-3,5-6,9,12,21-22H,4,7-8H2,1H3,(H,17,19)/t9-,12+/m1/s1. The van der Waals surface area contributed by atoms with Gasteiger partial charge in [0, 0.05) is 6.54 Å². The predicted molar refractivity (Wildman–Crippen MR) is 78.3 cm³/mol. The van der Waals surface area contributed by atoms with Gasteiger partial charge in [0.25, 0.3) is 5.91 Å². The molecule has 8 heteroatoms. The molecule has 0 bridgehead atoms. The zero-order chi connectivity index (χ0) is 16.3. The summed E-state index contributed by atoms with van der Waals surface area (Å²) in [4.78, 5) is 25.6. The Morgan fingerprint density at radius 1 is 1.41 bits per heavy atom. The molecule has 3 N–H and O–H groups in total. The monoisotopic (exact) mass is 308 g/mol. The Morgan fingerprint density at radius 2 is 2.09 bits per heavy atom. The fourth-order valence-electron chi connectivity index (χ4n) is 2.61. The maximum absolute atomic E-state index is 13.5. The van der Waals surface area contributed by atoms with Crippen LogP contribution in [0.25, 0.3) is 0 Å². The average molecular weight is 308 g/mol. The first kappa shape index (κ1) is 16.4. The lowest BCUT2D eigenvalue weighted by Crippen LogP contribution is -2.52. The zero-order valence-corrected chi connectivity index (χ0v) is 12.2. The molecule has 118 valence electrons. The number of rotatable bonds is 4. The first-order valence-electron chi connectivity index (χ1n) is 7.14. The smallest absolute Gasteiger partial charge is 0.426 e. The van der Waals surface area contributed by atoms with Crippen LogP contribution in [0.1, 0.15) is 30.1 Å². The van der Waals surface area contributed by atoms with E-state index < -0.39 is 36.7 Å². The molecule has 1 aliphatic heterocycles. The van der Waals surface area contributed by atoms with Gasteiger partial charge in [0.15, 0.2) is 0 Å². The molecule has 0 aliphatic carbocycles. The molecule has 1 heterocycles. The minimum absolute atomic E-state index is 0.137. The van der Waals surface area contributed by atoms with Crippen molar-refractivity contribution < 1.29 is 24.0 Å². The van der Waals surface area contributed by atoms with E-state index in [1.807, 2.05) is 0 Å². The second-order valence-corrected chi connectivity index (χ2v) is 5.33. The van der Waals surface area contributed by atoms with Gasteiger partial charge >= 0.3 is 7.12 Å². The van der Waals surface area contributed by atoms with E-state index in [9.17, 15) is 24.0 Å². The minimum atomic E-state index is -1.61. The van der Waals surface area contributed by atoms with Crippen LogP contribution in [-0.2, 0) is 4.79 Å². The topological polar surface area (TPSA) is 89.9 Å². The number of benzene rings is 1. The van der Waals surface area contributed by atoms with Gasteiger partial charge in [-0.25, -0.2) is 4.39 Å². The Balaban J connectivity index is 2.02. The third-order valence-electron chi connectivity index (χ3n) is 3.76. The quantitative estimate of drug-likeness (QED) is 0.680. The fourth-order valence-corrected chi connectivity index (χ4v) is 2.61. The molecule has 0 saturated carbocycles. The summed E-state index contributed by atoms with van der Waals surface area (Å²) in [6, 6.07) is 4.62. The number of likely N-dealkylation sites (tertiary alicyclic amines) is 1. The lowest BCUT2D eigenvalue weighted by molar-refractivity contribution is -0.132. The maximum Gasteiger partial charge on any atom is 0.475 e. The lowest BCUT2D eigenvalue weighted by atomic mass is 9.78. The molecular weight excluding hydrogens is 290 g/mol. The molecule has 2 amide bonds. The number of nitrogens with zero attached hydrogens (tertiary/aromatic N) is 1. The van der Waals surface area contributed by atoms with Crippen LogP contribution < -0.4 is 5.32 Å². The van der Waals surface area contributed by atoms with E-state index in [0.29, 0.717) is 19.4 Å². The van der Waals surface area contributed by atoms with Crippen molar-refractivity contribution in [2.75, 3.05) is 6.54 Å². The summed E-state index contributed by atoms with van der Waals surface area (Å²) in [5, 5.41) is 21.0. The van der Waals surface area contributed by atoms with Crippen molar-refractivity contribution >= 4 is 18.9 Å². The summed E-state index contributed by atoms with van der Waals surface area (Å²) >= 11 is 0. The second kappa shape index (κ2) is 6.89. The van der Waals surface area contributed by atoms with Crippen molar-refractivity contribution in [1.82, 2.24) is 10.2 Å². The van der Waals surface area contributed by atoms with E-state index in [2.05, 4.69) is 5.32 Å². The van der Waals surface area contributed by atoms with E-state index in [4.69, 9.17) is 0 Å². The molecular formula is C14H18BFN2O4. The van der Waals surface area contributed by atoms with Gasteiger partial charge in [0.1, 0.15) is 11.9 Å². The number of nitrogens with one attached hydrogen (secondary N) is 1. The Bertz CT molecular complexity index is 570. The van der Waals surface area contributed by atoms with Crippen molar-refractivity contribution in [1.29, 1.82) is 0 Å². The molecule has 0 aromatic heterocycles. The molecule has 1 aliphatic rings. The molecule has 1 fully saturated rings. The van der Waals surface area contributed by atoms with E-state index >= 15 is 0 Å². The average Bonchev–Trinajstić information content (AvgIpc) is 2.96. The van der Waals surface area contributed by atoms with Gasteiger partial charge in [-0.15, -0.1) is 0 Å². The number of carbonyl (C=O) groups excluding carboxylic acids is 2. The highest BCUT2D eigenvalue weighted by Crippen LogP contribution is 2.19. The number of halogens is 1. The highest BCUT2D eigenvalue weighted by Gasteiger charge is 2.38. The van der Waals surface area contributed by atoms with E-state index in [0.717, 1.165) is 0 Å². The van der Waals surface area contributed by atoms with Crippen LogP contribution in [0.5, 0.6) is 0 Å². The SMILES string of the molecule is C[C@@H](NC(=O)c1ccccc1F)C(=O)N1CCC[C@H]1B(O)O. The summed E-state index contributed by atoms with van der Waals surface area (Å²) in [5.41, 5.74) is -0.137. The predicted octanol–water partition coefficient (Wildman–Crippen LogP) is -0.0530. The zero-order valence-electron chi connectivity index (χ0n) is 12.2. The van der Waals surface area contributed by atoms with Crippen LogP contribution >= 0.6 is 0 Å². The Kier molecular flexibility index (Phi) is 5.15. The molecule has 6 nitrogen and oxygen atoms in total. The Labute approximate surface area is 128 Å². The molecule has 1 saturated heterocycles. The van der Waals surface area contributed by atoms with Gasteiger partial charge < -0.3 is 20.3 Å². The third-order valence-corrected chi connectivity index (χ3v) is 3.76. The van der Waals surface area contributed by atoms with E-state index in [-0.39, 0.29) is 5.56 Å². The van der Waals surface area contributed by atoms with Gasteiger partial charge in [0.2, 0.25) is 5.91 Å². The highest BCUT2D eigenvalue weighted by molar-refractivity contribution is 6.43. The first-order chi connectivity index (χ1) is 10.4. The largest absolute Gasteiger partial charge is 0.475 e. The molecule has 1 aromatic rings. The number of hydrogen-bond donors (Lipinski definition) is 3. The van der Waals surface area contributed by atoms with Gasteiger partial charge in [-0.1, -0.05) is 12.1 Å². The summed E-state index contributed by atoms with van der Waals surface area (Å²) in [7, 11) is -1.61. The van der Waals surface area contributed by atoms with Crippen LogP contribution in [0.4, 0.5) is 4.39 Å². The number of amides is 2. The van der Waals surface area contributed by atoms with Crippen molar-refractivity contribution in [2.45, 2.75) is 31.7 Å². The van der Waals surface area contributed by atoms with Crippen LogP contribution in [0.3, 0.4) is 0 Å². The summed E-state index contributed by atoms with van der Waals surface area (Å²) in [5.74, 6) is -2.43. The summed E-state index contributed by atoms with van der Waals surface area (Å²) < 4.78 is 13.5. The Morgan fingerprint density at radius 3 is 2.73 bits per heavy atom. The Hall–Kier alpha value is -1.93. The summed E-state index contributed by atoms with van der Waals surface area (Å²) in [6.07, 6.45) is 1.17. The van der Waals surface area contributed by atoms with Crippen molar-refractivity contribution in [3.63, 3.8) is 0 Å². The van der Waals surface area contributed by atoms with Crippen LogP contribution in [0.2, 0.25) is 0 Å². The van der Waals surface area contributed by atoms with Gasteiger partial charge in [0.05, 0.1) is 11.5 Å². The molecule has 0 spiro atoms. The molecule has 0 unspecified atom stereocenters. The van der Waals surface area contributed by atoms with E-state index in [1.165, 1.54) is 36.1 Å². The van der Waals surface area contributed by atoms with Gasteiger partial charge in [-0.2, -0.15) is 0 Å². The van der Waals surface area contributed by atoms with Crippen LogP contribution in [0.15, 0.2) is 24.3 Å². The number of hydrogen-bond acceptors (Lipinski definition) is 4. The highest BCUT2D eigenvalue weighted by atomic mass is 19.1. The molecule has 22 heavy (non-hydrogen) atoms. The van der Waals surface area contributed by atoms with Crippen molar-refractivity contribution in [3.05, 3.63) is 35.6 Å². The molecule has 0 radical (unpaired) electrons. The normalized spacial score (nSPS) is 18.9. The van der Waals surface area contributed by atoms with Crippen molar-refractivity contribution in [2.24, 2.45) is 0 Å². The van der Waals surface area contributed by atoms with Crippen LogP contribution in [-0.4, -0.2) is 52.4 Å². The molecule has 1 aromatic carbocycles. The first-order valence-corrected chi connectivity index (χ1v) is 7.14. The molecule has 2 rings (SSSR count). The van der Waals surface area contributed by atoms with Gasteiger partial charge in [-0.05, 0) is 31.9 Å².